The van der Waals surface area contributed by atoms with Crippen LogP contribution in [-0.2, 0) is 5.41 Å². The lowest BCUT2D eigenvalue weighted by Gasteiger charge is -2.29. The van der Waals surface area contributed by atoms with Crippen molar-refractivity contribution in [1.29, 1.82) is 0 Å². The lowest BCUT2D eigenvalue weighted by atomic mass is 9.79. The molecule has 1 amide bonds. The molecule has 0 aliphatic heterocycles. The number of hydrogen-bond donors (Lipinski definition) is 1. The molecular weight excluding hydrogens is 276 g/mol. The minimum absolute atomic E-state index is 0.0390. The van der Waals surface area contributed by atoms with Gasteiger partial charge in [0.25, 0.3) is 5.69 Å². The Kier molecular flexibility index (Phi) is 4.81. The summed E-state index contributed by atoms with van der Waals surface area (Å²) in [6.07, 6.45) is 2.11. The van der Waals surface area contributed by atoms with Gasteiger partial charge in [-0.3, -0.25) is 4.79 Å². The van der Waals surface area contributed by atoms with Gasteiger partial charge in [-0.05, 0) is 30.4 Å². The monoisotopic (exact) mass is 298 g/mol. The summed E-state index contributed by atoms with van der Waals surface area (Å²) < 4.78 is 0.588. The second-order valence-corrected chi connectivity index (χ2v) is 6.24. The maximum Gasteiger partial charge on any atom is 0.317 e. The Morgan fingerprint density at radius 2 is 1.82 bits per heavy atom. The number of aromatic nitrogens is 1. The van der Waals surface area contributed by atoms with Gasteiger partial charge in [0.15, 0.2) is 6.20 Å². The molecule has 0 aliphatic carbocycles. The molecule has 0 bridgehead atoms. The van der Waals surface area contributed by atoms with E-state index in [4.69, 9.17) is 0 Å². The van der Waals surface area contributed by atoms with Crippen LogP contribution in [0.25, 0.3) is 0 Å². The number of amides is 1. The van der Waals surface area contributed by atoms with E-state index in [1.54, 1.807) is 12.1 Å². The minimum atomic E-state index is -0.341. The van der Waals surface area contributed by atoms with Crippen molar-refractivity contribution in [3.8, 4) is 0 Å². The molecule has 2 rings (SSSR count). The number of rotatable bonds is 5. The van der Waals surface area contributed by atoms with Crippen LogP contribution in [0.1, 0.15) is 43.2 Å². The Balaban J connectivity index is 2.02. The van der Waals surface area contributed by atoms with Gasteiger partial charge in [-0.25, -0.2) is 0 Å². The molecule has 0 radical (unpaired) electrons. The quantitative estimate of drug-likeness (QED) is 0.681. The molecule has 1 atom stereocenters. The molecule has 0 saturated heterocycles. The lowest BCUT2D eigenvalue weighted by Crippen LogP contribution is -2.43. The number of pyridine rings is 1. The van der Waals surface area contributed by atoms with Crippen molar-refractivity contribution in [2.45, 2.75) is 38.6 Å². The lowest BCUT2D eigenvalue weighted by molar-refractivity contribution is -0.607. The van der Waals surface area contributed by atoms with E-state index < -0.39 is 0 Å². The van der Waals surface area contributed by atoms with Gasteiger partial charge in [0.1, 0.15) is 0 Å². The van der Waals surface area contributed by atoms with Crippen molar-refractivity contribution >= 4 is 5.91 Å². The Hall–Kier alpha value is -2.36. The summed E-state index contributed by atoms with van der Waals surface area (Å²) in [5.74, 6) is -0.341. The summed E-state index contributed by atoms with van der Waals surface area (Å²) in [5, 5.41) is 14.5. The topological polar surface area (TPSA) is 56.0 Å². The van der Waals surface area contributed by atoms with E-state index >= 15 is 0 Å². The summed E-state index contributed by atoms with van der Waals surface area (Å²) in [7, 11) is 0. The number of carbonyl (C=O) groups excluding carboxylic acids is 1. The van der Waals surface area contributed by atoms with Crippen molar-refractivity contribution in [2.24, 2.45) is 0 Å². The third kappa shape index (κ3) is 3.85. The van der Waals surface area contributed by atoms with Crippen LogP contribution in [0.5, 0.6) is 0 Å². The molecule has 1 aromatic carbocycles. The molecule has 0 spiro atoms. The summed E-state index contributed by atoms with van der Waals surface area (Å²) >= 11 is 0. The Morgan fingerprint density at radius 1 is 1.18 bits per heavy atom. The zero-order valence-corrected chi connectivity index (χ0v) is 13.2. The predicted octanol–water partition coefficient (Wildman–Crippen LogP) is 2.81. The highest BCUT2D eigenvalue weighted by Gasteiger charge is 2.25. The zero-order valence-electron chi connectivity index (χ0n) is 13.2. The first-order chi connectivity index (χ1) is 10.4. The summed E-state index contributed by atoms with van der Waals surface area (Å²) in [6, 6.07) is 15.0. The van der Waals surface area contributed by atoms with E-state index in [-0.39, 0.29) is 23.1 Å². The maximum atomic E-state index is 12.2. The van der Waals surface area contributed by atoms with Gasteiger partial charge < -0.3 is 10.5 Å². The molecule has 0 saturated carbocycles. The van der Waals surface area contributed by atoms with Gasteiger partial charge in [-0.2, -0.15) is 4.73 Å². The Labute approximate surface area is 131 Å². The highest BCUT2D eigenvalue weighted by molar-refractivity contribution is 5.91. The SMILES string of the molecule is CC(CC(C)(C)c1ccccc1)NC(=O)c1cccc[n+]1[O-]. The fourth-order valence-electron chi connectivity index (χ4n) is 2.73. The number of nitrogens with one attached hydrogen (secondary N) is 1. The molecule has 1 unspecified atom stereocenters. The van der Waals surface area contributed by atoms with E-state index in [9.17, 15) is 10.0 Å². The van der Waals surface area contributed by atoms with Gasteiger partial charge >= 0.3 is 5.91 Å². The van der Waals surface area contributed by atoms with Crippen LogP contribution in [0.15, 0.2) is 54.7 Å². The Morgan fingerprint density at radius 3 is 2.45 bits per heavy atom. The zero-order chi connectivity index (χ0) is 16.2. The van der Waals surface area contributed by atoms with Crippen LogP contribution in [-0.4, -0.2) is 11.9 Å². The van der Waals surface area contributed by atoms with Crippen LogP contribution in [0.4, 0.5) is 0 Å². The fraction of sp³-hybridized carbons (Fsp3) is 0.333. The second-order valence-electron chi connectivity index (χ2n) is 6.24. The first kappa shape index (κ1) is 16.0. The summed E-state index contributed by atoms with van der Waals surface area (Å²) in [5.41, 5.74) is 1.29. The molecule has 1 aromatic heterocycles. The van der Waals surface area contributed by atoms with E-state index in [2.05, 4.69) is 31.3 Å². The first-order valence-corrected chi connectivity index (χ1v) is 7.45. The summed E-state index contributed by atoms with van der Waals surface area (Å²) in [6.45, 7) is 6.27. The minimum Gasteiger partial charge on any atom is -0.618 e. The van der Waals surface area contributed by atoms with Crippen molar-refractivity contribution in [2.75, 3.05) is 0 Å². The number of nitrogens with zero attached hydrogens (tertiary/aromatic N) is 1. The molecule has 1 heterocycles. The highest BCUT2D eigenvalue weighted by Crippen LogP contribution is 2.28. The Bertz CT molecular complexity index is 639. The van der Waals surface area contributed by atoms with Crippen LogP contribution in [0.2, 0.25) is 0 Å². The van der Waals surface area contributed by atoms with Crippen molar-refractivity contribution < 1.29 is 9.52 Å². The standard InChI is InChI=1S/C18H22N2O2/c1-14(13-18(2,3)15-9-5-4-6-10-15)19-17(21)16-11-7-8-12-20(16)22/h4-12,14H,13H2,1-3H3,(H,19,21). The first-order valence-electron chi connectivity index (χ1n) is 7.45. The van der Waals surface area contributed by atoms with Crippen molar-refractivity contribution in [1.82, 2.24) is 5.32 Å². The highest BCUT2D eigenvalue weighted by atomic mass is 16.5. The van der Waals surface area contributed by atoms with Gasteiger partial charge in [0.2, 0.25) is 0 Å². The number of benzene rings is 1. The maximum absolute atomic E-state index is 12.2. The molecule has 1 N–H and O–H groups in total. The van der Waals surface area contributed by atoms with Crippen LogP contribution < -0.4 is 10.0 Å². The molecule has 0 fully saturated rings. The molecular formula is C18H22N2O2. The third-order valence-electron chi connectivity index (χ3n) is 3.81. The molecule has 2 aromatic rings. The van der Waals surface area contributed by atoms with E-state index in [0.29, 0.717) is 4.73 Å². The average molecular weight is 298 g/mol. The van der Waals surface area contributed by atoms with Gasteiger partial charge in [0.05, 0.1) is 0 Å². The van der Waals surface area contributed by atoms with Gasteiger partial charge in [-0.15, -0.1) is 0 Å². The molecule has 22 heavy (non-hydrogen) atoms. The second kappa shape index (κ2) is 6.60. The van der Waals surface area contributed by atoms with E-state index in [0.717, 1.165) is 6.42 Å². The molecule has 0 aliphatic rings. The number of carbonyl (C=O) groups is 1. The summed E-state index contributed by atoms with van der Waals surface area (Å²) in [4.78, 5) is 12.2. The number of hydrogen-bond acceptors (Lipinski definition) is 2. The fourth-order valence-corrected chi connectivity index (χ4v) is 2.73. The van der Waals surface area contributed by atoms with E-state index in [1.807, 2.05) is 25.1 Å². The largest absolute Gasteiger partial charge is 0.618 e. The molecule has 4 heteroatoms. The van der Waals surface area contributed by atoms with Gasteiger partial charge in [0, 0.05) is 18.2 Å². The molecule has 4 nitrogen and oxygen atoms in total. The van der Waals surface area contributed by atoms with Gasteiger partial charge in [-0.1, -0.05) is 44.2 Å². The smallest absolute Gasteiger partial charge is 0.317 e. The molecule has 116 valence electrons. The van der Waals surface area contributed by atoms with Crippen LogP contribution in [0, 0.1) is 5.21 Å². The van der Waals surface area contributed by atoms with E-state index in [1.165, 1.54) is 17.8 Å². The normalized spacial score (nSPS) is 12.7. The van der Waals surface area contributed by atoms with Crippen LogP contribution in [0.3, 0.4) is 0 Å². The van der Waals surface area contributed by atoms with Crippen LogP contribution >= 0.6 is 0 Å². The van der Waals surface area contributed by atoms with Crippen molar-refractivity contribution in [3.05, 3.63) is 71.2 Å². The average Bonchev–Trinajstić information content (AvgIpc) is 2.47. The predicted molar refractivity (Wildman–Crippen MR) is 86.4 cm³/mol. The van der Waals surface area contributed by atoms with Crippen molar-refractivity contribution in [3.63, 3.8) is 0 Å². The third-order valence-corrected chi connectivity index (χ3v) is 3.81.